The number of aliphatic hydroxyl groups is 6. The predicted molar refractivity (Wildman–Crippen MR) is 164 cm³/mol. The van der Waals surface area contributed by atoms with Gasteiger partial charge in [-0.05, 0) is 18.4 Å². The number of rotatable bonds is 23. The zero-order chi connectivity index (χ0) is 31.5. The molecule has 1 amide bonds. The second kappa shape index (κ2) is 22.0. The van der Waals surface area contributed by atoms with Gasteiger partial charge in [-0.25, -0.2) is 0 Å². The van der Waals surface area contributed by atoms with Crippen molar-refractivity contribution in [1.29, 1.82) is 0 Å². The van der Waals surface area contributed by atoms with Gasteiger partial charge in [0.05, 0.1) is 25.4 Å². The zero-order valence-corrected chi connectivity index (χ0v) is 25.9. The van der Waals surface area contributed by atoms with Crippen molar-refractivity contribution in [1.82, 2.24) is 5.32 Å². The van der Waals surface area contributed by atoms with E-state index in [1.807, 2.05) is 30.3 Å². The molecule has 43 heavy (non-hydrogen) atoms. The fourth-order valence-corrected chi connectivity index (χ4v) is 5.44. The lowest BCUT2D eigenvalue weighted by Gasteiger charge is -2.40. The topological polar surface area (TPSA) is 169 Å². The van der Waals surface area contributed by atoms with Crippen LogP contribution in [0.1, 0.15) is 102 Å². The molecule has 0 spiro atoms. The van der Waals surface area contributed by atoms with E-state index in [0.717, 1.165) is 31.2 Å². The Kier molecular flexibility index (Phi) is 19.2. The normalized spacial score (nSPS) is 24.4. The lowest BCUT2D eigenvalue weighted by atomic mass is 9.98. The average Bonchev–Trinajstić information content (AvgIpc) is 3.02. The number of unbranched alkanes of at least 4 members (excludes halogenated alkanes) is 11. The van der Waals surface area contributed by atoms with E-state index >= 15 is 0 Å². The maximum atomic E-state index is 12.8. The summed E-state index contributed by atoms with van der Waals surface area (Å²) in [6.45, 7) is 1.29. The van der Waals surface area contributed by atoms with Crippen LogP contribution in [0.5, 0.6) is 0 Å². The van der Waals surface area contributed by atoms with Gasteiger partial charge in [-0.15, -0.1) is 0 Å². The van der Waals surface area contributed by atoms with Crippen LogP contribution in [0.25, 0.3) is 0 Å². The number of carbonyl (C=O) groups excluding carboxylic acids is 1. The molecule has 0 bridgehead atoms. The highest BCUT2D eigenvalue weighted by Crippen LogP contribution is 2.23. The molecule has 1 heterocycles. The van der Waals surface area contributed by atoms with E-state index in [0.29, 0.717) is 12.8 Å². The van der Waals surface area contributed by atoms with Gasteiger partial charge in [0.1, 0.15) is 30.5 Å². The van der Waals surface area contributed by atoms with Crippen molar-refractivity contribution >= 4 is 5.91 Å². The Bertz CT molecular complexity index is 843. The first-order chi connectivity index (χ1) is 20.8. The number of nitrogens with one attached hydrogen (secondary N) is 1. The quantitative estimate of drug-likeness (QED) is 0.0920. The molecule has 10 heteroatoms. The maximum Gasteiger partial charge on any atom is 0.220 e. The van der Waals surface area contributed by atoms with E-state index in [2.05, 4.69) is 12.2 Å². The van der Waals surface area contributed by atoms with Crippen LogP contribution in [0.15, 0.2) is 30.3 Å². The highest BCUT2D eigenvalue weighted by Gasteiger charge is 2.44. The number of amides is 1. The van der Waals surface area contributed by atoms with Crippen molar-refractivity contribution in [3.8, 4) is 0 Å². The highest BCUT2D eigenvalue weighted by molar-refractivity contribution is 5.76. The SMILES string of the molecule is CCCCCCCCCCCCCCC(O)C(O)C(COC1OC(CO)C(O)C(O)C1O)NC(=O)CCc1ccccc1. The Balaban J connectivity index is 1.82. The molecule has 1 aliphatic rings. The van der Waals surface area contributed by atoms with Gasteiger partial charge >= 0.3 is 0 Å². The molecule has 2 rings (SSSR count). The van der Waals surface area contributed by atoms with E-state index in [9.17, 15) is 35.4 Å². The summed E-state index contributed by atoms with van der Waals surface area (Å²) < 4.78 is 11.0. The third-order valence-corrected chi connectivity index (χ3v) is 8.28. The first kappa shape index (κ1) is 37.6. The molecule has 1 fully saturated rings. The van der Waals surface area contributed by atoms with E-state index in [4.69, 9.17) is 9.47 Å². The second-order valence-electron chi connectivity index (χ2n) is 11.9. The average molecular weight is 612 g/mol. The monoisotopic (exact) mass is 611 g/mol. The van der Waals surface area contributed by atoms with Gasteiger partial charge in [-0.3, -0.25) is 4.79 Å². The second-order valence-corrected chi connectivity index (χ2v) is 11.9. The number of benzene rings is 1. The standard InChI is InChI=1S/C33H57NO9/c1-2-3-4-5-6-7-8-9-10-11-12-16-19-26(36)29(38)25(34-28(37)21-20-24-17-14-13-15-18-24)23-42-33-32(41)31(40)30(39)27(22-35)43-33/h13-15,17-18,25-27,29-33,35-36,38-41H,2-12,16,19-23H2,1H3,(H,34,37). The van der Waals surface area contributed by atoms with Gasteiger partial charge in [0, 0.05) is 6.42 Å². The molecule has 7 N–H and O–H groups in total. The van der Waals surface area contributed by atoms with Crippen LogP contribution < -0.4 is 5.32 Å². The van der Waals surface area contributed by atoms with Crippen LogP contribution in [-0.4, -0.2) is 98.7 Å². The van der Waals surface area contributed by atoms with E-state index in [1.165, 1.54) is 51.4 Å². The molecule has 0 aliphatic carbocycles. The first-order valence-corrected chi connectivity index (χ1v) is 16.4. The summed E-state index contributed by atoms with van der Waals surface area (Å²) in [5, 5.41) is 64.3. The smallest absolute Gasteiger partial charge is 0.220 e. The minimum Gasteiger partial charge on any atom is -0.394 e. The van der Waals surface area contributed by atoms with E-state index in [-0.39, 0.29) is 18.9 Å². The van der Waals surface area contributed by atoms with Gasteiger partial charge in [0.25, 0.3) is 0 Å². The van der Waals surface area contributed by atoms with Gasteiger partial charge in [0.15, 0.2) is 6.29 Å². The molecule has 10 nitrogen and oxygen atoms in total. The minimum atomic E-state index is -1.62. The molecule has 0 radical (unpaired) electrons. The number of carbonyl (C=O) groups is 1. The summed E-state index contributed by atoms with van der Waals surface area (Å²) >= 11 is 0. The van der Waals surface area contributed by atoms with Gasteiger partial charge in [0.2, 0.25) is 5.91 Å². The van der Waals surface area contributed by atoms with Crippen molar-refractivity contribution in [2.75, 3.05) is 13.2 Å². The Morgan fingerprint density at radius 2 is 1.44 bits per heavy atom. The van der Waals surface area contributed by atoms with Crippen LogP contribution in [0.3, 0.4) is 0 Å². The van der Waals surface area contributed by atoms with Crippen LogP contribution >= 0.6 is 0 Å². The molecule has 8 unspecified atom stereocenters. The molecular formula is C33H57NO9. The first-order valence-electron chi connectivity index (χ1n) is 16.4. The van der Waals surface area contributed by atoms with Crippen LogP contribution in [-0.2, 0) is 20.7 Å². The van der Waals surface area contributed by atoms with Gasteiger partial charge in [-0.1, -0.05) is 114 Å². The zero-order valence-electron chi connectivity index (χ0n) is 25.9. The fourth-order valence-electron chi connectivity index (χ4n) is 5.44. The summed E-state index contributed by atoms with van der Waals surface area (Å²) in [6.07, 6.45) is 5.45. The van der Waals surface area contributed by atoms with Crippen molar-refractivity contribution < 1.29 is 44.9 Å². The minimum absolute atomic E-state index is 0.155. The molecular weight excluding hydrogens is 554 g/mol. The number of ether oxygens (including phenoxy) is 2. The molecule has 8 atom stereocenters. The van der Waals surface area contributed by atoms with Crippen LogP contribution in [0.2, 0.25) is 0 Å². The summed E-state index contributed by atoms with van der Waals surface area (Å²) in [4.78, 5) is 12.8. The third-order valence-electron chi connectivity index (χ3n) is 8.28. The Morgan fingerprint density at radius 1 is 0.860 bits per heavy atom. The lowest BCUT2D eigenvalue weighted by Crippen LogP contribution is -2.60. The molecule has 248 valence electrons. The fraction of sp³-hybridized carbons (Fsp3) is 0.788. The van der Waals surface area contributed by atoms with Crippen LogP contribution in [0.4, 0.5) is 0 Å². The number of hydrogen-bond acceptors (Lipinski definition) is 9. The predicted octanol–water partition coefficient (Wildman–Crippen LogP) is 2.73. The van der Waals surface area contributed by atoms with Crippen molar-refractivity contribution in [2.24, 2.45) is 0 Å². The molecule has 1 aromatic rings. The number of hydrogen-bond donors (Lipinski definition) is 7. The van der Waals surface area contributed by atoms with Crippen molar-refractivity contribution in [3.63, 3.8) is 0 Å². The summed E-state index contributed by atoms with van der Waals surface area (Å²) in [6, 6.07) is 8.48. The lowest BCUT2D eigenvalue weighted by molar-refractivity contribution is -0.303. The van der Waals surface area contributed by atoms with E-state index < -0.39 is 55.6 Å². The largest absolute Gasteiger partial charge is 0.394 e. The number of aryl methyl sites for hydroxylation is 1. The van der Waals surface area contributed by atoms with Crippen molar-refractivity contribution in [3.05, 3.63) is 35.9 Å². The molecule has 1 saturated heterocycles. The van der Waals surface area contributed by atoms with Gasteiger partial charge in [-0.2, -0.15) is 0 Å². The molecule has 0 saturated carbocycles. The molecule has 1 aliphatic heterocycles. The summed E-state index contributed by atoms with van der Waals surface area (Å²) in [5.74, 6) is -0.345. The summed E-state index contributed by atoms with van der Waals surface area (Å²) in [5.41, 5.74) is 0.985. The molecule has 0 aromatic heterocycles. The Morgan fingerprint density at radius 3 is 2.02 bits per heavy atom. The van der Waals surface area contributed by atoms with E-state index in [1.54, 1.807) is 0 Å². The molecule has 1 aromatic carbocycles. The number of aliphatic hydroxyl groups excluding tert-OH is 6. The Labute approximate surface area is 257 Å². The van der Waals surface area contributed by atoms with Crippen LogP contribution in [0, 0.1) is 0 Å². The third kappa shape index (κ3) is 14.3. The van der Waals surface area contributed by atoms with Gasteiger partial charge < -0.3 is 45.4 Å². The maximum absolute atomic E-state index is 12.8. The summed E-state index contributed by atoms with van der Waals surface area (Å²) in [7, 11) is 0. The highest BCUT2D eigenvalue weighted by atomic mass is 16.7. The van der Waals surface area contributed by atoms with Crippen molar-refractivity contribution in [2.45, 2.75) is 152 Å². The Hall–Kier alpha value is -1.63.